The van der Waals surface area contributed by atoms with Crippen LogP contribution < -0.4 is 10.1 Å². The van der Waals surface area contributed by atoms with Crippen molar-refractivity contribution in [2.24, 2.45) is 0 Å². The second-order valence-electron chi connectivity index (χ2n) is 6.89. The van der Waals surface area contributed by atoms with Gasteiger partial charge >= 0.3 is 0 Å². The van der Waals surface area contributed by atoms with E-state index >= 15 is 0 Å². The molecule has 4 rings (SSSR count). The average molecular weight is 430 g/mol. The van der Waals surface area contributed by atoms with Crippen molar-refractivity contribution in [2.45, 2.75) is 16.7 Å². The van der Waals surface area contributed by atoms with Gasteiger partial charge in [-0.2, -0.15) is 5.10 Å². The Balaban J connectivity index is 1.44. The highest BCUT2D eigenvalue weighted by molar-refractivity contribution is 8.00. The first kappa shape index (κ1) is 20.8. The molecule has 1 unspecified atom stereocenters. The standard InChI is InChI=1S/C25H23N3O2S/c1-30-22-14-12-21(13-15-22)28-17-16-20(27-28)18-26-25(29)24(19-8-4-2-5-9-19)31-23-10-6-3-7-11-23/h2-17,24H,18H2,1H3,(H,26,29). The molecule has 0 spiro atoms. The van der Waals surface area contributed by atoms with Gasteiger partial charge in [-0.05, 0) is 48.0 Å². The van der Waals surface area contributed by atoms with Gasteiger partial charge in [0.1, 0.15) is 11.0 Å². The number of rotatable bonds is 8. The van der Waals surface area contributed by atoms with Gasteiger partial charge in [0.2, 0.25) is 5.91 Å². The first-order chi connectivity index (χ1) is 15.2. The largest absolute Gasteiger partial charge is 0.497 e. The average Bonchev–Trinajstić information content (AvgIpc) is 3.31. The van der Waals surface area contributed by atoms with Crippen molar-refractivity contribution < 1.29 is 9.53 Å². The summed E-state index contributed by atoms with van der Waals surface area (Å²) in [5, 5.41) is 7.28. The number of nitrogens with one attached hydrogen (secondary N) is 1. The number of benzene rings is 3. The number of carbonyl (C=O) groups is 1. The summed E-state index contributed by atoms with van der Waals surface area (Å²) in [6, 6.07) is 29.4. The molecule has 6 heteroatoms. The molecular formula is C25H23N3O2S. The highest BCUT2D eigenvalue weighted by Gasteiger charge is 2.22. The molecule has 0 bridgehead atoms. The van der Waals surface area contributed by atoms with Crippen molar-refractivity contribution in [3.8, 4) is 11.4 Å². The Morgan fingerprint density at radius 1 is 0.968 bits per heavy atom. The monoisotopic (exact) mass is 429 g/mol. The van der Waals surface area contributed by atoms with Gasteiger partial charge in [0.05, 0.1) is 25.0 Å². The van der Waals surface area contributed by atoms with Gasteiger partial charge < -0.3 is 10.1 Å². The van der Waals surface area contributed by atoms with Crippen LogP contribution in [0.4, 0.5) is 0 Å². The highest BCUT2D eigenvalue weighted by Crippen LogP contribution is 2.35. The quantitative estimate of drug-likeness (QED) is 0.399. The number of hydrogen-bond acceptors (Lipinski definition) is 4. The molecule has 3 aromatic carbocycles. The Morgan fingerprint density at radius 3 is 2.32 bits per heavy atom. The molecule has 0 saturated heterocycles. The number of aromatic nitrogens is 2. The van der Waals surface area contributed by atoms with Crippen LogP contribution in [-0.2, 0) is 11.3 Å². The molecule has 0 aliphatic carbocycles. The maximum absolute atomic E-state index is 13.1. The van der Waals surface area contributed by atoms with Gasteiger partial charge in [-0.15, -0.1) is 11.8 Å². The predicted octanol–water partition coefficient (Wildman–Crippen LogP) is 5.03. The molecule has 0 aliphatic rings. The smallest absolute Gasteiger partial charge is 0.238 e. The van der Waals surface area contributed by atoms with Gasteiger partial charge in [-0.1, -0.05) is 48.5 Å². The molecule has 0 aliphatic heterocycles. The molecule has 1 heterocycles. The highest BCUT2D eigenvalue weighted by atomic mass is 32.2. The van der Waals surface area contributed by atoms with Crippen LogP contribution in [0.3, 0.4) is 0 Å². The van der Waals surface area contributed by atoms with Crippen LogP contribution >= 0.6 is 11.8 Å². The van der Waals surface area contributed by atoms with E-state index in [1.807, 2.05) is 97.2 Å². The Hall–Kier alpha value is -3.51. The summed E-state index contributed by atoms with van der Waals surface area (Å²) in [4.78, 5) is 14.1. The van der Waals surface area contributed by atoms with Crippen molar-refractivity contribution >= 4 is 17.7 Å². The van der Waals surface area contributed by atoms with Crippen molar-refractivity contribution in [2.75, 3.05) is 7.11 Å². The lowest BCUT2D eigenvalue weighted by atomic mass is 10.1. The van der Waals surface area contributed by atoms with Crippen LogP contribution in [0.2, 0.25) is 0 Å². The first-order valence-corrected chi connectivity index (χ1v) is 10.8. The van der Waals surface area contributed by atoms with E-state index in [4.69, 9.17) is 4.74 Å². The summed E-state index contributed by atoms with van der Waals surface area (Å²) >= 11 is 1.54. The number of methoxy groups -OCH3 is 1. The lowest BCUT2D eigenvalue weighted by Crippen LogP contribution is -2.27. The maximum Gasteiger partial charge on any atom is 0.238 e. The number of thioether (sulfide) groups is 1. The van der Waals surface area contributed by atoms with Crippen LogP contribution in [0.5, 0.6) is 5.75 Å². The van der Waals surface area contributed by atoms with Crippen molar-refractivity contribution in [3.05, 3.63) is 108 Å². The van der Waals surface area contributed by atoms with E-state index in [2.05, 4.69) is 10.4 Å². The fourth-order valence-electron chi connectivity index (χ4n) is 3.14. The summed E-state index contributed by atoms with van der Waals surface area (Å²) < 4.78 is 6.98. The molecule has 0 fully saturated rings. The molecule has 1 aromatic heterocycles. The van der Waals surface area contributed by atoms with E-state index in [9.17, 15) is 4.79 Å². The van der Waals surface area contributed by atoms with E-state index in [1.54, 1.807) is 23.6 Å². The first-order valence-electron chi connectivity index (χ1n) is 9.96. The molecule has 0 radical (unpaired) electrons. The molecule has 31 heavy (non-hydrogen) atoms. The minimum absolute atomic E-state index is 0.0425. The van der Waals surface area contributed by atoms with Gasteiger partial charge in [0, 0.05) is 11.1 Å². The Labute approximate surface area is 186 Å². The van der Waals surface area contributed by atoms with E-state index < -0.39 is 0 Å². The SMILES string of the molecule is COc1ccc(-n2ccc(CNC(=O)C(Sc3ccccc3)c3ccccc3)n2)cc1. The van der Waals surface area contributed by atoms with E-state index in [0.29, 0.717) is 6.54 Å². The minimum atomic E-state index is -0.340. The van der Waals surface area contributed by atoms with Crippen LogP contribution in [0, 0.1) is 0 Å². The zero-order chi connectivity index (χ0) is 21.5. The third-order valence-corrected chi connectivity index (χ3v) is 6.03. The van der Waals surface area contributed by atoms with Crippen LogP contribution in [0.25, 0.3) is 5.69 Å². The van der Waals surface area contributed by atoms with E-state index in [-0.39, 0.29) is 11.2 Å². The summed E-state index contributed by atoms with van der Waals surface area (Å²) in [7, 11) is 1.64. The van der Waals surface area contributed by atoms with Crippen molar-refractivity contribution in [1.29, 1.82) is 0 Å². The normalized spacial score (nSPS) is 11.6. The fraction of sp³-hybridized carbons (Fsp3) is 0.120. The minimum Gasteiger partial charge on any atom is -0.497 e. The third kappa shape index (κ3) is 5.35. The van der Waals surface area contributed by atoms with Gasteiger partial charge in [-0.3, -0.25) is 4.79 Å². The number of nitrogens with zero attached hydrogens (tertiary/aromatic N) is 2. The molecule has 0 saturated carbocycles. The lowest BCUT2D eigenvalue weighted by Gasteiger charge is -2.16. The molecule has 5 nitrogen and oxygen atoms in total. The summed E-state index contributed by atoms with van der Waals surface area (Å²) in [5.41, 5.74) is 2.69. The van der Waals surface area contributed by atoms with Crippen LogP contribution in [-0.4, -0.2) is 22.8 Å². The second kappa shape index (κ2) is 10.00. The van der Waals surface area contributed by atoms with Gasteiger partial charge in [0.25, 0.3) is 0 Å². The van der Waals surface area contributed by atoms with Gasteiger partial charge in [-0.25, -0.2) is 4.68 Å². The Kier molecular flexibility index (Phi) is 6.69. The molecule has 4 aromatic rings. The molecule has 1 N–H and O–H groups in total. The summed E-state index contributed by atoms with van der Waals surface area (Å²) in [6.07, 6.45) is 1.89. The number of amides is 1. The maximum atomic E-state index is 13.1. The Bertz CT molecular complexity index is 1110. The van der Waals surface area contributed by atoms with E-state index in [0.717, 1.165) is 27.6 Å². The summed E-state index contributed by atoms with van der Waals surface area (Å²) in [5.74, 6) is 0.755. The second-order valence-corrected chi connectivity index (χ2v) is 8.07. The number of carbonyl (C=O) groups excluding carboxylic acids is 1. The topological polar surface area (TPSA) is 56.1 Å². The molecular weight excluding hydrogens is 406 g/mol. The van der Waals surface area contributed by atoms with Crippen molar-refractivity contribution in [1.82, 2.24) is 15.1 Å². The Morgan fingerprint density at radius 2 is 1.65 bits per heavy atom. The molecule has 1 atom stereocenters. The molecule has 156 valence electrons. The third-order valence-electron chi connectivity index (χ3n) is 4.76. The van der Waals surface area contributed by atoms with Gasteiger partial charge in [0.15, 0.2) is 0 Å². The fourth-order valence-corrected chi connectivity index (χ4v) is 4.21. The zero-order valence-corrected chi connectivity index (χ0v) is 18.0. The zero-order valence-electron chi connectivity index (χ0n) is 17.1. The van der Waals surface area contributed by atoms with Crippen molar-refractivity contribution in [3.63, 3.8) is 0 Å². The van der Waals surface area contributed by atoms with Crippen LogP contribution in [0.1, 0.15) is 16.5 Å². The molecule has 1 amide bonds. The lowest BCUT2D eigenvalue weighted by molar-refractivity contribution is -0.120. The predicted molar refractivity (Wildman–Crippen MR) is 123 cm³/mol. The number of hydrogen-bond donors (Lipinski definition) is 1. The van der Waals surface area contributed by atoms with E-state index in [1.165, 1.54) is 0 Å². The summed E-state index contributed by atoms with van der Waals surface area (Å²) in [6.45, 7) is 0.362. The number of ether oxygens (including phenoxy) is 1. The van der Waals surface area contributed by atoms with Crippen LogP contribution in [0.15, 0.2) is 102 Å².